The maximum atomic E-state index is 12.5. The van der Waals surface area contributed by atoms with Crippen LogP contribution in [0.5, 0.6) is 0 Å². The number of amides is 1. The molecule has 146 valence electrons. The van der Waals surface area contributed by atoms with Crippen molar-refractivity contribution in [2.75, 3.05) is 12.3 Å². The van der Waals surface area contributed by atoms with E-state index in [1.807, 2.05) is 24.3 Å². The predicted octanol–water partition coefficient (Wildman–Crippen LogP) is 2.41. The highest BCUT2D eigenvalue weighted by molar-refractivity contribution is 7.89. The normalized spacial score (nSPS) is 13.7. The number of nitrogens with one attached hydrogen (secondary N) is 2. The van der Waals surface area contributed by atoms with Gasteiger partial charge < -0.3 is 11.1 Å². The van der Waals surface area contributed by atoms with Crippen LogP contribution in [0.15, 0.2) is 47.4 Å². The quantitative estimate of drug-likeness (QED) is 0.611. The molecule has 2 aromatic carbocycles. The molecule has 0 bridgehead atoms. The molecule has 0 saturated heterocycles. The van der Waals surface area contributed by atoms with Crippen LogP contribution in [0.25, 0.3) is 0 Å². The fourth-order valence-electron chi connectivity index (χ4n) is 2.60. The molecule has 1 aliphatic carbocycles. The lowest BCUT2D eigenvalue weighted by Crippen LogP contribution is -2.28. The number of carbonyl (C=O) groups is 1. The first-order valence-corrected chi connectivity index (χ1v) is 10.1. The SMILES string of the molecule is Cc1ccc(S(=O)(=O)NC2CC2)cc1C(=O)NCCc1ccc(N)cc1.Cl. The Morgan fingerprint density at radius 2 is 1.81 bits per heavy atom. The van der Waals surface area contributed by atoms with E-state index < -0.39 is 10.0 Å². The number of nitrogens with two attached hydrogens (primary N) is 1. The standard InChI is InChI=1S/C19H23N3O3S.ClH/c1-13-2-9-17(26(24,25)22-16-7-8-16)12-18(13)19(23)21-11-10-14-3-5-15(20)6-4-14;/h2-6,9,12,16,22H,7-8,10-11,20H2,1H3,(H,21,23);1H. The Bertz CT molecular complexity index is 910. The molecule has 0 aromatic heterocycles. The molecule has 8 heteroatoms. The minimum Gasteiger partial charge on any atom is -0.399 e. The van der Waals surface area contributed by atoms with Gasteiger partial charge in [-0.15, -0.1) is 12.4 Å². The molecule has 1 aliphatic rings. The molecular formula is C19H24ClN3O3S. The number of hydrogen-bond donors (Lipinski definition) is 3. The van der Waals surface area contributed by atoms with E-state index in [4.69, 9.17) is 5.73 Å². The summed E-state index contributed by atoms with van der Waals surface area (Å²) < 4.78 is 27.3. The zero-order valence-electron chi connectivity index (χ0n) is 15.1. The Hall–Kier alpha value is -2.09. The smallest absolute Gasteiger partial charge is 0.251 e. The molecule has 0 atom stereocenters. The number of benzene rings is 2. The first kappa shape index (κ1) is 21.2. The van der Waals surface area contributed by atoms with Gasteiger partial charge in [-0.2, -0.15) is 0 Å². The highest BCUT2D eigenvalue weighted by Crippen LogP contribution is 2.23. The lowest BCUT2D eigenvalue weighted by molar-refractivity contribution is 0.0953. The van der Waals surface area contributed by atoms with Crippen molar-refractivity contribution >= 4 is 34.0 Å². The van der Waals surface area contributed by atoms with Crippen molar-refractivity contribution < 1.29 is 13.2 Å². The molecule has 0 spiro atoms. The lowest BCUT2D eigenvalue weighted by Gasteiger charge is -2.11. The van der Waals surface area contributed by atoms with E-state index in [1.54, 1.807) is 13.0 Å². The number of sulfonamides is 1. The minimum atomic E-state index is -3.58. The Labute approximate surface area is 166 Å². The summed E-state index contributed by atoms with van der Waals surface area (Å²) in [5.41, 5.74) is 8.54. The summed E-state index contributed by atoms with van der Waals surface area (Å²) in [5, 5.41) is 2.85. The van der Waals surface area contributed by atoms with Crippen LogP contribution >= 0.6 is 12.4 Å². The Kier molecular flexibility index (Phi) is 6.86. The number of nitrogen functional groups attached to an aromatic ring is 1. The van der Waals surface area contributed by atoms with Crippen molar-refractivity contribution in [1.82, 2.24) is 10.0 Å². The zero-order chi connectivity index (χ0) is 18.7. The van der Waals surface area contributed by atoms with Gasteiger partial charge >= 0.3 is 0 Å². The van der Waals surface area contributed by atoms with Gasteiger partial charge in [0.1, 0.15) is 0 Å². The van der Waals surface area contributed by atoms with Gasteiger partial charge in [0.25, 0.3) is 5.91 Å². The Morgan fingerprint density at radius 3 is 2.44 bits per heavy atom. The van der Waals surface area contributed by atoms with Gasteiger partial charge in [-0.25, -0.2) is 13.1 Å². The monoisotopic (exact) mass is 409 g/mol. The third kappa shape index (κ3) is 5.69. The Balaban J connectivity index is 0.00000261. The van der Waals surface area contributed by atoms with Crippen LogP contribution in [0.2, 0.25) is 0 Å². The summed E-state index contributed by atoms with van der Waals surface area (Å²) in [4.78, 5) is 12.6. The summed E-state index contributed by atoms with van der Waals surface area (Å²) >= 11 is 0. The number of halogens is 1. The van der Waals surface area contributed by atoms with Crippen LogP contribution < -0.4 is 15.8 Å². The van der Waals surface area contributed by atoms with Crippen LogP contribution in [0.4, 0.5) is 5.69 Å². The Morgan fingerprint density at radius 1 is 1.15 bits per heavy atom. The average Bonchev–Trinajstić information content (AvgIpc) is 3.40. The van der Waals surface area contributed by atoms with Crippen LogP contribution in [0, 0.1) is 6.92 Å². The van der Waals surface area contributed by atoms with Crippen LogP contribution in [-0.2, 0) is 16.4 Å². The highest BCUT2D eigenvalue weighted by atomic mass is 35.5. The van der Waals surface area contributed by atoms with Gasteiger partial charge in [-0.3, -0.25) is 4.79 Å². The summed E-state index contributed by atoms with van der Waals surface area (Å²) in [6, 6.07) is 12.1. The van der Waals surface area contributed by atoms with Crippen molar-refractivity contribution in [2.24, 2.45) is 0 Å². The molecule has 1 saturated carbocycles. The topological polar surface area (TPSA) is 101 Å². The molecule has 3 rings (SSSR count). The van der Waals surface area contributed by atoms with E-state index in [9.17, 15) is 13.2 Å². The number of carbonyl (C=O) groups excluding carboxylic acids is 1. The zero-order valence-corrected chi connectivity index (χ0v) is 16.7. The molecule has 1 fully saturated rings. The average molecular weight is 410 g/mol. The largest absolute Gasteiger partial charge is 0.399 e. The van der Waals surface area contributed by atoms with Gasteiger partial charge in [0.2, 0.25) is 10.0 Å². The molecule has 1 amide bonds. The highest BCUT2D eigenvalue weighted by Gasteiger charge is 2.28. The molecule has 27 heavy (non-hydrogen) atoms. The number of rotatable bonds is 7. The van der Waals surface area contributed by atoms with Crippen LogP contribution in [0.1, 0.15) is 34.3 Å². The van der Waals surface area contributed by atoms with Crippen molar-refractivity contribution in [3.05, 3.63) is 59.2 Å². The van der Waals surface area contributed by atoms with Crippen molar-refractivity contribution in [1.29, 1.82) is 0 Å². The number of aryl methyl sites for hydroxylation is 1. The fraction of sp³-hybridized carbons (Fsp3) is 0.316. The summed E-state index contributed by atoms with van der Waals surface area (Å²) in [6.07, 6.45) is 2.40. The molecule has 0 heterocycles. The number of anilines is 1. The third-order valence-electron chi connectivity index (χ3n) is 4.34. The first-order valence-electron chi connectivity index (χ1n) is 8.61. The van der Waals surface area contributed by atoms with Crippen molar-refractivity contribution in [2.45, 2.75) is 37.1 Å². The van der Waals surface area contributed by atoms with Crippen LogP contribution in [0.3, 0.4) is 0 Å². The van der Waals surface area contributed by atoms with Gasteiger partial charge in [0.15, 0.2) is 0 Å². The fourth-order valence-corrected chi connectivity index (χ4v) is 3.93. The molecule has 0 unspecified atom stereocenters. The molecule has 0 radical (unpaired) electrons. The lowest BCUT2D eigenvalue weighted by atomic mass is 10.1. The summed E-state index contributed by atoms with van der Waals surface area (Å²) in [6.45, 7) is 2.25. The molecule has 0 aliphatic heterocycles. The van der Waals surface area contributed by atoms with E-state index in [0.29, 0.717) is 24.2 Å². The molecule has 2 aromatic rings. The minimum absolute atomic E-state index is 0. The molecule has 6 nitrogen and oxygen atoms in total. The van der Waals surface area contributed by atoms with Gasteiger partial charge in [0.05, 0.1) is 4.90 Å². The second-order valence-electron chi connectivity index (χ2n) is 6.62. The first-order chi connectivity index (χ1) is 12.3. The number of hydrogen-bond acceptors (Lipinski definition) is 4. The molecular weight excluding hydrogens is 386 g/mol. The van der Waals surface area contributed by atoms with Gasteiger partial charge in [-0.05, 0) is 61.6 Å². The van der Waals surface area contributed by atoms with Gasteiger partial charge in [0, 0.05) is 23.8 Å². The van der Waals surface area contributed by atoms with Crippen LogP contribution in [-0.4, -0.2) is 26.9 Å². The second-order valence-corrected chi connectivity index (χ2v) is 8.33. The van der Waals surface area contributed by atoms with Crippen molar-refractivity contribution in [3.8, 4) is 0 Å². The summed E-state index contributed by atoms with van der Waals surface area (Å²) in [5.74, 6) is -0.276. The predicted molar refractivity (Wildman–Crippen MR) is 109 cm³/mol. The van der Waals surface area contributed by atoms with E-state index >= 15 is 0 Å². The summed E-state index contributed by atoms with van der Waals surface area (Å²) in [7, 11) is -3.58. The maximum Gasteiger partial charge on any atom is 0.251 e. The van der Waals surface area contributed by atoms with Gasteiger partial charge in [-0.1, -0.05) is 18.2 Å². The second kappa shape index (κ2) is 8.73. The van der Waals surface area contributed by atoms with E-state index in [1.165, 1.54) is 12.1 Å². The maximum absolute atomic E-state index is 12.5. The molecule has 4 N–H and O–H groups in total. The van der Waals surface area contributed by atoms with E-state index in [2.05, 4.69) is 10.0 Å². The van der Waals surface area contributed by atoms with E-state index in [-0.39, 0.29) is 29.3 Å². The van der Waals surface area contributed by atoms with Crippen molar-refractivity contribution in [3.63, 3.8) is 0 Å². The third-order valence-corrected chi connectivity index (χ3v) is 5.86. The van der Waals surface area contributed by atoms with E-state index in [0.717, 1.165) is 24.0 Å².